The zero-order valence-electron chi connectivity index (χ0n) is 9.02. The van der Waals surface area contributed by atoms with Crippen LogP contribution in [-0.2, 0) is 0 Å². The molecule has 15 heavy (non-hydrogen) atoms. The molecule has 0 heterocycles. The Balaban J connectivity index is 2.35. The molecule has 1 aliphatic rings. The molecule has 1 fully saturated rings. The zero-order chi connectivity index (χ0) is 11.1. The van der Waals surface area contributed by atoms with Crippen molar-refractivity contribution in [2.24, 2.45) is 5.92 Å². The summed E-state index contributed by atoms with van der Waals surface area (Å²) >= 11 is 0. The van der Waals surface area contributed by atoms with Gasteiger partial charge in [0.1, 0.15) is 0 Å². The van der Waals surface area contributed by atoms with E-state index in [1.165, 1.54) is 6.20 Å². The predicted molar refractivity (Wildman–Crippen MR) is 58.9 cm³/mol. The molecule has 0 atom stereocenters. The number of alkyl halides is 2. The normalized spacial score (nSPS) is 19.3. The summed E-state index contributed by atoms with van der Waals surface area (Å²) in [6.45, 7) is 3.21. The molecule has 0 radical (unpaired) electrons. The first kappa shape index (κ1) is 12.2. The highest BCUT2D eigenvalue weighted by Gasteiger charge is 2.39. The van der Waals surface area contributed by atoms with Gasteiger partial charge in [-0.2, -0.15) is 0 Å². The molecule has 0 bridgehead atoms. The van der Waals surface area contributed by atoms with Crippen LogP contribution in [0.5, 0.6) is 0 Å². The molecule has 1 rings (SSSR count). The fourth-order valence-electron chi connectivity index (χ4n) is 2.00. The average molecular weight is 215 g/mol. The third-order valence-corrected chi connectivity index (χ3v) is 2.89. The smallest absolute Gasteiger partial charge is 0.267 e. The van der Waals surface area contributed by atoms with E-state index in [1.54, 1.807) is 12.2 Å². The molecular formula is C12H19F2N. The fraction of sp³-hybridized carbons (Fsp3) is 0.667. The van der Waals surface area contributed by atoms with Gasteiger partial charge in [0.05, 0.1) is 6.54 Å². The summed E-state index contributed by atoms with van der Waals surface area (Å²) in [7, 11) is 0. The van der Waals surface area contributed by atoms with Crippen molar-refractivity contribution >= 4 is 0 Å². The average Bonchev–Trinajstić information content (AvgIpc) is 2.26. The molecule has 3 heteroatoms. The van der Waals surface area contributed by atoms with E-state index in [2.05, 4.69) is 11.9 Å². The van der Waals surface area contributed by atoms with Gasteiger partial charge < -0.3 is 5.32 Å². The molecule has 0 unspecified atom stereocenters. The van der Waals surface area contributed by atoms with E-state index in [9.17, 15) is 8.78 Å². The second kappa shape index (κ2) is 5.89. The van der Waals surface area contributed by atoms with Crippen molar-refractivity contribution in [2.45, 2.75) is 38.0 Å². The van der Waals surface area contributed by atoms with Gasteiger partial charge in [0, 0.05) is 5.92 Å². The van der Waals surface area contributed by atoms with Crippen LogP contribution in [0.3, 0.4) is 0 Å². The van der Waals surface area contributed by atoms with Crippen molar-refractivity contribution in [1.82, 2.24) is 5.32 Å². The SMILES string of the molecule is C=C/C=C\NCC(F)(F)C1CCCCC1. The predicted octanol–water partition coefficient (Wildman–Crippen LogP) is 3.49. The molecule has 1 saturated carbocycles. The van der Waals surface area contributed by atoms with Crippen molar-refractivity contribution in [3.8, 4) is 0 Å². The van der Waals surface area contributed by atoms with E-state index >= 15 is 0 Å². The molecule has 0 aromatic carbocycles. The summed E-state index contributed by atoms with van der Waals surface area (Å²) in [5.41, 5.74) is 0. The molecule has 0 aliphatic heterocycles. The van der Waals surface area contributed by atoms with Crippen LogP contribution < -0.4 is 5.32 Å². The second-order valence-electron chi connectivity index (χ2n) is 4.07. The standard InChI is InChI=1S/C12H19F2N/c1-2-3-9-15-10-12(13,14)11-7-5-4-6-8-11/h2-3,9,11,15H,1,4-8,10H2/b9-3-. The van der Waals surface area contributed by atoms with Crippen LogP contribution in [0.1, 0.15) is 32.1 Å². The number of hydrogen-bond donors (Lipinski definition) is 1. The Hall–Kier alpha value is -0.860. The molecule has 1 nitrogen and oxygen atoms in total. The summed E-state index contributed by atoms with van der Waals surface area (Å²) in [4.78, 5) is 0. The summed E-state index contributed by atoms with van der Waals surface area (Å²) in [6.07, 6.45) is 9.04. The minimum absolute atomic E-state index is 0.262. The van der Waals surface area contributed by atoms with Gasteiger partial charge in [0.25, 0.3) is 5.92 Å². The van der Waals surface area contributed by atoms with E-state index in [0.717, 1.165) is 19.3 Å². The van der Waals surface area contributed by atoms with Gasteiger partial charge in [-0.1, -0.05) is 31.9 Å². The van der Waals surface area contributed by atoms with E-state index in [4.69, 9.17) is 0 Å². The molecule has 1 aliphatic carbocycles. The summed E-state index contributed by atoms with van der Waals surface area (Å²) < 4.78 is 27.2. The van der Waals surface area contributed by atoms with Crippen molar-refractivity contribution in [1.29, 1.82) is 0 Å². The first-order valence-corrected chi connectivity index (χ1v) is 5.55. The van der Waals surface area contributed by atoms with Crippen molar-refractivity contribution in [3.63, 3.8) is 0 Å². The Morgan fingerprint density at radius 2 is 1.93 bits per heavy atom. The van der Waals surface area contributed by atoms with Crippen LogP contribution in [-0.4, -0.2) is 12.5 Å². The maximum Gasteiger partial charge on any atom is 0.267 e. The summed E-state index contributed by atoms with van der Waals surface area (Å²) in [6, 6.07) is 0. The Kier molecular flexibility index (Phi) is 4.79. The highest BCUT2D eigenvalue weighted by Crippen LogP contribution is 2.35. The fourth-order valence-corrected chi connectivity index (χ4v) is 2.00. The third kappa shape index (κ3) is 4.02. The number of nitrogens with one attached hydrogen (secondary N) is 1. The van der Waals surface area contributed by atoms with E-state index < -0.39 is 11.8 Å². The van der Waals surface area contributed by atoms with Crippen LogP contribution in [0.25, 0.3) is 0 Å². The number of halogens is 2. The lowest BCUT2D eigenvalue weighted by Gasteiger charge is -2.29. The van der Waals surface area contributed by atoms with E-state index in [1.807, 2.05) is 0 Å². The Bertz CT molecular complexity index is 218. The lowest BCUT2D eigenvalue weighted by Crippen LogP contribution is -2.38. The van der Waals surface area contributed by atoms with Crippen molar-refractivity contribution in [2.75, 3.05) is 6.54 Å². The molecule has 86 valence electrons. The number of allylic oxidation sites excluding steroid dienone is 2. The van der Waals surface area contributed by atoms with Gasteiger partial charge in [-0.25, -0.2) is 8.78 Å². The van der Waals surface area contributed by atoms with Gasteiger partial charge in [-0.3, -0.25) is 0 Å². The van der Waals surface area contributed by atoms with Crippen LogP contribution in [0.15, 0.2) is 24.9 Å². The molecule has 0 spiro atoms. The van der Waals surface area contributed by atoms with Crippen LogP contribution in [0, 0.1) is 5.92 Å². The first-order chi connectivity index (χ1) is 7.17. The number of rotatable bonds is 5. The van der Waals surface area contributed by atoms with Crippen LogP contribution >= 0.6 is 0 Å². The van der Waals surface area contributed by atoms with Gasteiger partial charge in [-0.05, 0) is 25.1 Å². The topological polar surface area (TPSA) is 12.0 Å². The first-order valence-electron chi connectivity index (χ1n) is 5.55. The molecule has 0 saturated heterocycles. The minimum atomic E-state index is -2.58. The molecule has 0 amide bonds. The highest BCUT2D eigenvalue weighted by molar-refractivity contribution is 4.96. The van der Waals surface area contributed by atoms with Gasteiger partial charge in [-0.15, -0.1) is 0 Å². The Labute approximate surface area is 90.2 Å². The molecule has 0 aromatic rings. The van der Waals surface area contributed by atoms with Gasteiger partial charge in [0.15, 0.2) is 0 Å². The lowest BCUT2D eigenvalue weighted by molar-refractivity contribution is -0.0660. The van der Waals surface area contributed by atoms with Crippen molar-refractivity contribution in [3.05, 3.63) is 24.9 Å². The zero-order valence-corrected chi connectivity index (χ0v) is 9.02. The molecule has 0 aromatic heterocycles. The van der Waals surface area contributed by atoms with Crippen LogP contribution in [0.2, 0.25) is 0 Å². The van der Waals surface area contributed by atoms with Gasteiger partial charge >= 0.3 is 0 Å². The van der Waals surface area contributed by atoms with Gasteiger partial charge in [0.2, 0.25) is 0 Å². The maximum atomic E-state index is 13.6. The minimum Gasteiger partial charge on any atom is -0.385 e. The molecular weight excluding hydrogens is 196 g/mol. The third-order valence-electron chi connectivity index (χ3n) is 2.89. The second-order valence-corrected chi connectivity index (χ2v) is 4.07. The summed E-state index contributed by atoms with van der Waals surface area (Å²) in [5.74, 6) is -3.01. The lowest BCUT2D eigenvalue weighted by atomic mass is 9.84. The maximum absolute atomic E-state index is 13.6. The Morgan fingerprint density at radius 3 is 2.53 bits per heavy atom. The Morgan fingerprint density at radius 1 is 1.27 bits per heavy atom. The quantitative estimate of drug-likeness (QED) is 0.692. The molecule has 1 N–H and O–H groups in total. The number of hydrogen-bond acceptors (Lipinski definition) is 1. The van der Waals surface area contributed by atoms with Crippen LogP contribution in [0.4, 0.5) is 8.78 Å². The highest BCUT2D eigenvalue weighted by atomic mass is 19.3. The monoisotopic (exact) mass is 215 g/mol. The van der Waals surface area contributed by atoms with E-state index in [-0.39, 0.29) is 6.54 Å². The van der Waals surface area contributed by atoms with Crippen molar-refractivity contribution < 1.29 is 8.78 Å². The summed E-state index contributed by atoms with van der Waals surface area (Å²) in [5, 5.41) is 2.62. The largest absolute Gasteiger partial charge is 0.385 e. The van der Waals surface area contributed by atoms with E-state index in [0.29, 0.717) is 12.8 Å².